The van der Waals surface area contributed by atoms with Crippen LogP contribution < -0.4 is 11.1 Å². The van der Waals surface area contributed by atoms with Gasteiger partial charge in [0, 0.05) is 6.54 Å². The van der Waals surface area contributed by atoms with Crippen LogP contribution in [-0.4, -0.2) is 40.0 Å². The van der Waals surface area contributed by atoms with Crippen LogP contribution in [0.1, 0.15) is 21.0 Å². The Morgan fingerprint density at radius 3 is 2.40 bits per heavy atom. The van der Waals surface area contributed by atoms with Gasteiger partial charge in [0.25, 0.3) is 11.8 Å². The molecule has 15 heavy (non-hydrogen) atoms. The minimum atomic E-state index is -0.704. The van der Waals surface area contributed by atoms with E-state index < -0.39 is 11.8 Å². The molecule has 80 valence electrons. The Balaban J connectivity index is 2.71. The summed E-state index contributed by atoms with van der Waals surface area (Å²) in [6, 6.07) is 0. The topological polar surface area (TPSA) is 118 Å². The van der Waals surface area contributed by atoms with E-state index in [-0.39, 0.29) is 24.5 Å². The van der Waals surface area contributed by atoms with E-state index in [1.165, 1.54) is 0 Å². The van der Waals surface area contributed by atoms with Crippen LogP contribution in [0.15, 0.2) is 12.4 Å². The normalized spacial score (nSPS) is 9.67. The standard InChI is InChI=1S/C8H10N4O3/c9-7(14)5-3-12-6(4-11-5)8(15)10-1-2-13/h3-4,13H,1-2H2,(H2,9,14)(H,10,15). The van der Waals surface area contributed by atoms with Crippen LogP contribution in [0.4, 0.5) is 0 Å². The molecule has 0 spiro atoms. The zero-order valence-electron chi connectivity index (χ0n) is 7.80. The third kappa shape index (κ3) is 2.99. The summed E-state index contributed by atoms with van der Waals surface area (Å²) in [4.78, 5) is 29.2. The number of hydrogen-bond donors (Lipinski definition) is 3. The molecule has 2 amide bonds. The molecule has 1 rings (SSSR count). The number of nitrogens with zero attached hydrogens (tertiary/aromatic N) is 2. The first-order chi connectivity index (χ1) is 7.15. The lowest BCUT2D eigenvalue weighted by atomic mass is 10.4. The molecule has 0 aliphatic rings. The van der Waals surface area contributed by atoms with Crippen molar-refractivity contribution in [2.75, 3.05) is 13.2 Å². The quantitative estimate of drug-likeness (QED) is 0.547. The van der Waals surface area contributed by atoms with Crippen LogP contribution in [0.5, 0.6) is 0 Å². The minimum Gasteiger partial charge on any atom is -0.395 e. The highest BCUT2D eigenvalue weighted by Gasteiger charge is 2.08. The second-order valence-electron chi connectivity index (χ2n) is 2.63. The lowest BCUT2D eigenvalue weighted by molar-refractivity contribution is 0.0936. The number of rotatable bonds is 4. The van der Waals surface area contributed by atoms with Gasteiger partial charge in [0.1, 0.15) is 11.4 Å². The van der Waals surface area contributed by atoms with Gasteiger partial charge in [-0.25, -0.2) is 9.97 Å². The number of carbonyl (C=O) groups is 2. The van der Waals surface area contributed by atoms with Gasteiger partial charge >= 0.3 is 0 Å². The molecular formula is C8H10N4O3. The number of aromatic nitrogens is 2. The van der Waals surface area contributed by atoms with Gasteiger partial charge in [-0.2, -0.15) is 0 Å². The molecule has 7 nitrogen and oxygen atoms in total. The summed E-state index contributed by atoms with van der Waals surface area (Å²) in [5.74, 6) is -1.17. The van der Waals surface area contributed by atoms with Gasteiger partial charge in [0.05, 0.1) is 19.0 Å². The average molecular weight is 210 g/mol. The number of nitrogens with one attached hydrogen (secondary N) is 1. The van der Waals surface area contributed by atoms with Crippen molar-refractivity contribution in [3.63, 3.8) is 0 Å². The van der Waals surface area contributed by atoms with Crippen LogP contribution in [0.25, 0.3) is 0 Å². The maximum absolute atomic E-state index is 11.2. The fraction of sp³-hybridized carbons (Fsp3) is 0.250. The van der Waals surface area contributed by atoms with E-state index in [9.17, 15) is 9.59 Å². The molecule has 1 aromatic heterocycles. The van der Waals surface area contributed by atoms with Gasteiger partial charge in [-0.05, 0) is 0 Å². The summed E-state index contributed by atoms with van der Waals surface area (Å²) in [6.45, 7) is -0.0172. The van der Waals surface area contributed by atoms with Crippen molar-refractivity contribution in [3.05, 3.63) is 23.8 Å². The first kappa shape index (κ1) is 11.1. The van der Waals surface area contributed by atoms with E-state index in [1.54, 1.807) is 0 Å². The molecule has 0 atom stereocenters. The predicted molar refractivity (Wildman–Crippen MR) is 50.0 cm³/mol. The van der Waals surface area contributed by atoms with Crippen LogP contribution in [0.2, 0.25) is 0 Å². The molecule has 0 fully saturated rings. The molecule has 0 aliphatic carbocycles. The first-order valence-corrected chi connectivity index (χ1v) is 4.16. The summed E-state index contributed by atoms with van der Waals surface area (Å²) in [6.07, 6.45) is 2.27. The highest BCUT2D eigenvalue weighted by atomic mass is 16.3. The molecule has 1 aromatic rings. The van der Waals surface area contributed by atoms with Gasteiger partial charge in [-0.1, -0.05) is 0 Å². The van der Waals surface area contributed by atoms with Gasteiger partial charge in [0.15, 0.2) is 0 Å². The number of primary amides is 1. The van der Waals surface area contributed by atoms with E-state index >= 15 is 0 Å². The first-order valence-electron chi connectivity index (χ1n) is 4.16. The maximum atomic E-state index is 11.2. The average Bonchev–Trinajstić information content (AvgIpc) is 2.26. The highest BCUT2D eigenvalue weighted by molar-refractivity contribution is 5.93. The monoisotopic (exact) mass is 210 g/mol. The Bertz CT molecular complexity index is 363. The molecule has 0 aromatic carbocycles. The largest absolute Gasteiger partial charge is 0.395 e. The molecule has 0 radical (unpaired) electrons. The van der Waals surface area contributed by atoms with Crippen LogP contribution in [0.3, 0.4) is 0 Å². The Kier molecular flexibility index (Phi) is 3.69. The number of aliphatic hydroxyl groups is 1. The van der Waals surface area contributed by atoms with Gasteiger partial charge in [-0.15, -0.1) is 0 Å². The third-order valence-electron chi connectivity index (χ3n) is 1.53. The Hall–Kier alpha value is -2.02. The number of hydrogen-bond acceptors (Lipinski definition) is 5. The molecule has 0 bridgehead atoms. The lowest BCUT2D eigenvalue weighted by Gasteiger charge is -2.01. The molecule has 0 aliphatic heterocycles. The summed E-state index contributed by atoms with van der Waals surface area (Å²) < 4.78 is 0. The van der Waals surface area contributed by atoms with Crippen molar-refractivity contribution in [1.29, 1.82) is 0 Å². The van der Waals surface area contributed by atoms with Gasteiger partial charge in [-0.3, -0.25) is 9.59 Å². The number of aliphatic hydroxyl groups excluding tert-OH is 1. The SMILES string of the molecule is NC(=O)c1cnc(C(=O)NCCO)cn1. The molecule has 0 saturated carbocycles. The van der Waals surface area contributed by atoms with E-state index in [2.05, 4.69) is 15.3 Å². The Morgan fingerprint density at radius 2 is 1.93 bits per heavy atom. The van der Waals surface area contributed by atoms with E-state index in [0.29, 0.717) is 0 Å². The van der Waals surface area contributed by atoms with Crippen molar-refractivity contribution in [2.24, 2.45) is 5.73 Å². The number of carbonyl (C=O) groups excluding carboxylic acids is 2. The molecule has 1 heterocycles. The third-order valence-corrected chi connectivity index (χ3v) is 1.53. The van der Waals surface area contributed by atoms with Crippen LogP contribution >= 0.6 is 0 Å². The van der Waals surface area contributed by atoms with Crippen LogP contribution in [0, 0.1) is 0 Å². The molecule has 4 N–H and O–H groups in total. The summed E-state index contributed by atoms with van der Waals surface area (Å²) in [7, 11) is 0. The predicted octanol–water partition coefficient (Wildman–Crippen LogP) is -1.70. The van der Waals surface area contributed by atoms with Crippen molar-refractivity contribution in [3.8, 4) is 0 Å². The van der Waals surface area contributed by atoms with Gasteiger partial charge in [0.2, 0.25) is 0 Å². The molecule has 7 heteroatoms. The Labute approximate surface area is 85.3 Å². The van der Waals surface area contributed by atoms with Crippen molar-refractivity contribution >= 4 is 11.8 Å². The van der Waals surface area contributed by atoms with Crippen molar-refractivity contribution in [1.82, 2.24) is 15.3 Å². The second-order valence-corrected chi connectivity index (χ2v) is 2.63. The number of nitrogens with two attached hydrogens (primary N) is 1. The minimum absolute atomic E-state index is 0.00583. The van der Waals surface area contributed by atoms with E-state index in [1.807, 2.05) is 0 Å². The van der Waals surface area contributed by atoms with Gasteiger partial charge < -0.3 is 16.2 Å². The fourth-order valence-electron chi connectivity index (χ4n) is 0.833. The van der Waals surface area contributed by atoms with E-state index in [4.69, 9.17) is 10.8 Å². The highest BCUT2D eigenvalue weighted by Crippen LogP contribution is 1.94. The zero-order chi connectivity index (χ0) is 11.3. The van der Waals surface area contributed by atoms with Crippen LogP contribution in [-0.2, 0) is 0 Å². The molecule has 0 unspecified atom stereocenters. The second kappa shape index (κ2) is 5.01. The fourth-order valence-corrected chi connectivity index (χ4v) is 0.833. The van der Waals surface area contributed by atoms with Crippen molar-refractivity contribution < 1.29 is 14.7 Å². The lowest BCUT2D eigenvalue weighted by Crippen LogP contribution is -2.27. The number of amides is 2. The van der Waals surface area contributed by atoms with E-state index in [0.717, 1.165) is 12.4 Å². The summed E-state index contributed by atoms with van der Waals surface area (Å²) >= 11 is 0. The smallest absolute Gasteiger partial charge is 0.271 e. The summed E-state index contributed by atoms with van der Waals surface area (Å²) in [5, 5.41) is 10.9. The Morgan fingerprint density at radius 1 is 1.33 bits per heavy atom. The molecular weight excluding hydrogens is 200 g/mol. The molecule has 0 saturated heterocycles. The zero-order valence-corrected chi connectivity index (χ0v) is 7.80. The summed E-state index contributed by atoms with van der Waals surface area (Å²) in [5.41, 5.74) is 5.00. The van der Waals surface area contributed by atoms with Crippen molar-refractivity contribution in [2.45, 2.75) is 0 Å². The maximum Gasteiger partial charge on any atom is 0.271 e.